The Morgan fingerprint density at radius 2 is 1.82 bits per heavy atom. The van der Waals surface area contributed by atoms with Crippen LogP contribution in [0, 0.1) is 0 Å². The van der Waals surface area contributed by atoms with Gasteiger partial charge in [-0.05, 0) is 37.1 Å². The van der Waals surface area contributed by atoms with Crippen LogP contribution in [0.1, 0.15) is 31.7 Å². The molecule has 3 heteroatoms. The van der Waals surface area contributed by atoms with Crippen LogP contribution in [0.3, 0.4) is 0 Å². The van der Waals surface area contributed by atoms with Gasteiger partial charge in [-0.25, -0.2) is 0 Å². The zero-order valence-corrected chi connectivity index (χ0v) is 10.7. The molecule has 0 aliphatic carbocycles. The van der Waals surface area contributed by atoms with Crippen molar-refractivity contribution in [1.29, 1.82) is 0 Å². The van der Waals surface area contributed by atoms with Crippen LogP contribution in [0.2, 0.25) is 0 Å². The highest BCUT2D eigenvalue weighted by Gasteiger charge is 1.96. The molecule has 2 N–H and O–H groups in total. The van der Waals surface area contributed by atoms with Gasteiger partial charge < -0.3 is 15.2 Å². The van der Waals surface area contributed by atoms with E-state index in [2.05, 4.69) is 6.92 Å². The second-order valence-corrected chi connectivity index (χ2v) is 4.04. The molecule has 0 unspecified atom stereocenters. The summed E-state index contributed by atoms with van der Waals surface area (Å²) in [5.41, 5.74) is 6.56. The van der Waals surface area contributed by atoms with Crippen molar-refractivity contribution in [3.8, 4) is 5.75 Å². The largest absolute Gasteiger partial charge is 0.494 e. The predicted octanol–water partition coefficient (Wildman–Crippen LogP) is 2.73. The van der Waals surface area contributed by atoms with Crippen LogP contribution >= 0.6 is 0 Å². The van der Waals surface area contributed by atoms with Crippen molar-refractivity contribution in [2.45, 2.75) is 32.8 Å². The van der Waals surface area contributed by atoms with Crippen LogP contribution in [0.4, 0.5) is 0 Å². The lowest BCUT2D eigenvalue weighted by atomic mass is 10.2. The average Bonchev–Trinajstić information content (AvgIpc) is 2.37. The lowest BCUT2D eigenvalue weighted by Crippen LogP contribution is -2.04. The second-order valence-electron chi connectivity index (χ2n) is 4.04. The first kappa shape index (κ1) is 14.0. The van der Waals surface area contributed by atoms with E-state index in [1.54, 1.807) is 0 Å². The van der Waals surface area contributed by atoms with E-state index in [-0.39, 0.29) is 0 Å². The Hall–Kier alpha value is -1.06. The Balaban J connectivity index is 2.24. The molecule has 0 bridgehead atoms. The maximum absolute atomic E-state index is 5.59. The van der Waals surface area contributed by atoms with Gasteiger partial charge in [-0.3, -0.25) is 0 Å². The minimum absolute atomic E-state index is 0.648. The lowest BCUT2D eigenvalue weighted by molar-refractivity contribution is 0.120. The summed E-state index contributed by atoms with van der Waals surface area (Å²) in [5, 5.41) is 0. The summed E-state index contributed by atoms with van der Waals surface area (Å²) in [4.78, 5) is 0. The summed E-state index contributed by atoms with van der Waals surface area (Å²) >= 11 is 0. The van der Waals surface area contributed by atoms with Crippen molar-refractivity contribution in [2.75, 3.05) is 19.8 Å². The summed E-state index contributed by atoms with van der Waals surface area (Å²) in [6.07, 6.45) is 3.18. The number of benzene rings is 1. The number of ether oxygens (including phenoxy) is 2. The Morgan fingerprint density at radius 1 is 1.06 bits per heavy atom. The molecule has 0 heterocycles. The first-order valence-electron chi connectivity index (χ1n) is 6.36. The summed E-state index contributed by atoms with van der Waals surface area (Å²) in [7, 11) is 0. The normalized spacial score (nSPS) is 10.5. The van der Waals surface area contributed by atoms with E-state index < -0.39 is 0 Å². The van der Waals surface area contributed by atoms with E-state index >= 15 is 0 Å². The van der Waals surface area contributed by atoms with Gasteiger partial charge in [0.2, 0.25) is 0 Å². The summed E-state index contributed by atoms with van der Waals surface area (Å²) in [6.45, 7) is 5.01. The van der Waals surface area contributed by atoms with Gasteiger partial charge in [0.15, 0.2) is 0 Å². The molecule has 1 aromatic rings. The van der Waals surface area contributed by atoms with Crippen LogP contribution in [-0.2, 0) is 11.3 Å². The molecule has 0 spiro atoms. The zero-order chi connectivity index (χ0) is 12.3. The first-order chi connectivity index (χ1) is 8.36. The third kappa shape index (κ3) is 6.29. The van der Waals surface area contributed by atoms with E-state index in [1.165, 1.54) is 5.56 Å². The smallest absolute Gasteiger partial charge is 0.119 e. The van der Waals surface area contributed by atoms with Crippen molar-refractivity contribution < 1.29 is 9.47 Å². The monoisotopic (exact) mass is 237 g/mol. The minimum Gasteiger partial charge on any atom is -0.494 e. The van der Waals surface area contributed by atoms with Crippen molar-refractivity contribution in [2.24, 2.45) is 5.73 Å². The molecule has 0 fully saturated rings. The highest BCUT2D eigenvalue weighted by Crippen LogP contribution is 2.13. The molecule has 0 radical (unpaired) electrons. The van der Waals surface area contributed by atoms with E-state index in [0.717, 1.165) is 38.2 Å². The van der Waals surface area contributed by atoms with Crippen LogP contribution < -0.4 is 10.5 Å². The summed E-state index contributed by atoms with van der Waals surface area (Å²) < 4.78 is 11.1. The van der Waals surface area contributed by atoms with E-state index in [9.17, 15) is 0 Å². The van der Waals surface area contributed by atoms with Crippen LogP contribution in [0.25, 0.3) is 0 Å². The lowest BCUT2D eigenvalue weighted by Gasteiger charge is -2.07. The highest BCUT2D eigenvalue weighted by atomic mass is 16.5. The molecule has 96 valence electrons. The van der Waals surface area contributed by atoms with Gasteiger partial charge in [-0.1, -0.05) is 25.5 Å². The molecular weight excluding hydrogens is 214 g/mol. The van der Waals surface area contributed by atoms with Crippen molar-refractivity contribution >= 4 is 0 Å². The third-order valence-corrected chi connectivity index (χ3v) is 2.45. The molecule has 0 aromatic heterocycles. The predicted molar refractivity (Wildman–Crippen MR) is 70.2 cm³/mol. The SMILES string of the molecule is CCCCOc1ccc(COCCCN)cc1. The maximum atomic E-state index is 5.59. The minimum atomic E-state index is 0.648. The van der Waals surface area contributed by atoms with E-state index in [4.69, 9.17) is 15.2 Å². The Kier molecular flexibility index (Phi) is 7.43. The first-order valence-corrected chi connectivity index (χ1v) is 6.36. The number of hydrogen-bond acceptors (Lipinski definition) is 3. The topological polar surface area (TPSA) is 44.5 Å². The van der Waals surface area contributed by atoms with Crippen LogP contribution in [0.15, 0.2) is 24.3 Å². The van der Waals surface area contributed by atoms with E-state index in [1.807, 2.05) is 24.3 Å². The van der Waals surface area contributed by atoms with Crippen molar-refractivity contribution in [1.82, 2.24) is 0 Å². The van der Waals surface area contributed by atoms with Crippen LogP contribution in [-0.4, -0.2) is 19.8 Å². The second kappa shape index (κ2) is 9.02. The molecule has 0 saturated carbocycles. The molecule has 0 saturated heterocycles. The van der Waals surface area contributed by atoms with Gasteiger partial charge in [-0.2, -0.15) is 0 Å². The quantitative estimate of drug-likeness (QED) is 0.672. The number of hydrogen-bond donors (Lipinski definition) is 1. The maximum Gasteiger partial charge on any atom is 0.119 e. The van der Waals surface area contributed by atoms with Gasteiger partial charge >= 0.3 is 0 Å². The molecule has 3 nitrogen and oxygen atoms in total. The number of rotatable bonds is 9. The molecule has 1 rings (SSSR count). The fourth-order valence-electron chi connectivity index (χ4n) is 1.39. The van der Waals surface area contributed by atoms with Crippen molar-refractivity contribution in [3.63, 3.8) is 0 Å². The molecule has 0 amide bonds. The Bertz CT molecular complexity index is 285. The van der Waals surface area contributed by atoms with Gasteiger partial charge in [0, 0.05) is 6.61 Å². The fourth-order valence-corrected chi connectivity index (χ4v) is 1.39. The standard InChI is InChI=1S/C14H23NO2/c1-2-3-11-17-14-7-5-13(6-8-14)12-16-10-4-9-15/h5-8H,2-4,9-12,15H2,1H3. The molecular formula is C14H23NO2. The molecule has 0 aliphatic heterocycles. The highest BCUT2D eigenvalue weighted by molar-refractivity contribution is 5.26. The van der Waals surface area contributed by atoms with Gasteiger partial charge in [0.05, 0.1) is 13.2 Å². The molecule has 0 aliphatic rings. The van der Waals surface area contributed by atoms with E-state index in [0.29, 0.717) is 13.2 Å². The van der Waals surface area contributed by atoms with Crippen molar-refractivity contribution in [3.05, 3.63) is 29.8 Å². The van der Waals surface area contributed by atoms with Gasteiger partial charge in [0.25, 0.3) is 0 Å². The Morgan fingerprint density at radius 3 is 2.47 bits per heavy atom. The average molecular weight is 237 g/mol. The summed E-state index contributed by atoms with van der Waals surface area (Å²) in [6, 6.07) is 8.09. The molecule has 17 heavy (non-hydrogen) atoms. The van der Waals surface area contributed by atoms with Gasteiger partial charge in [-0.15, -0.1) is 0 Å². The van der Waals surface area contributed by atoms with Crippen LogP contribution in [0.5, 0.6) is 5.75 Å². The fraction of sp³-hybridized carbons (Fsp3) is 0.571. The van der Waals surface area contributed by atoms with Gasteiger partial charge in [0.1, 0.15) is 5.75 Å². The number of nitrogens with two attached hydrogens (primary N) is 1. The zero-order valence-electron chi connectivity index (χ0n) is 10.7. The summed E-state index contributed by atoms with van der Waals surface area (Å²) in [5.74, 6) is 0.934. The third-order valence-electron chi connectivity index (χ3n) is 2.45. The molecule has 1 aromatic carbocycles. The number of unbranched alkanes of at least 4 members (excludes halogenated alkanes) is 1. The molecule has 0 atom stereocenters. The Labute approximate surface area is 104 Å².